The van der Waals surface area contributed by atoms with Crippen LogP contribution in [-0.4, -0.2) is 75.0 Å². The Kier molecular flexibility index (Phi) is 19.4. The Labute approximate surface area is 447 Å². The number of carbonyl (C=O) groups is 2. The van der Waals surface area contributed by atoms with E-state index in [1.54, 1.807) is 12.2 Å². The normalized spacial score (nSPS) is 11.8. The summed E-state index contributed by atoms with van der Waals surface area (Å²) in [4.78, 5) is 31.1. The van der Waals surface area contributed by atoms with E-state index in [1.165, 1.54) is 33.4 Å². The van der Waals surface area contributed by atoms with E-state index in [9.17, 15) is 9.59 Å². The zero-order valence-corrected chi connectivity index (χ0v) is 44.0. The van der Waals surface area contributed by atoms with Gasteiger partial charge in [0.2, 0.25) is 5.91 Å². The molecule has 374 valence electrons. The molecule has 0 radical (unpaired) electrons. The first kappa shape index (κ1) is 52.9. The number of anilines is 1. The summed E-state index contributed by atoms with van der Waals surface area (Å²) < 4.78 is 5.33. The average molecular weight is 1010 g/mol. The maximum absolute atomic E-state index is 14.1. The maximum Gasteiger partial charge on any atom is 0.234 e. The lowest BCUT2D eigenvalue weighted by Crippen LogP contribution is -2.40. The molecule has 0 aliphatic carbocycles. The van der Waals surface area contributed by atoms with E-state index in [0.29, 0.717) is 32.0 Å². The number of hydrogen-bond donors (Lipinski definition) is 1. The van der Waals surface area contributed by atoms with Crippen LogP contribution in [0.4, 0.5) is 5.69 Å². The highest BCUT2D eigenvalue weighted by Gasteiger charge is 2.38. The van der Waals surface area contributed by atoms with Gasteiger partial charge in [0, 0.05) is 50.9 Å². The van der Waals surface area contributed by atoms with Crippen LogP contribution in [-0.2, 0) is 19.1 Å². The van der Waals surface area contributed by atoms with Crippen molar-refractivity contribution in [3.8, 4) is 5.75 Å². The van der Waals surface area contributed by atoms with Gasteiger partial charge in [0.15, 0.2) is 5.78 Å². The second-order valence-corrected chi connectivity index (χ2v) is 20.8. The Morgan fingerprint density at radius 3 is 1.26 bits per heavy atom. The molecule has 0 aliphatic rings. The van der Waals surface area contributed by atoms with Crippen molar-refractivity contribution in [2.75, 3.05) is 63.3 Å². The van der Waals surface area contributed by atoms with Crippen molar-refractivity contribution in [3.63, 3.8) is 0 Å². The third-order valence-corrected chi connectivity index (χ3v) is 16.1. The van der Waals surface area contributed by atoms with Crippen molar-refractivity contribution in [2.45, 2.75) is 15.9 Å². The Morgan fingerprint density at radius 2 is 0.865 bits per heavy atom. The first-order valence-corrected chi connectivity index (χ1v) is 27.3. The molecule has 0 heterocycles. The van der Waals surface area contributed by atoms with Crippen LogP contribution < -0.4 is 15.0 Å². The van der Waals surface area contributed by atoms with Gasteiger partial charge < -0.3 is 15.0 Å². The highest BCUT2D eigenvalue weighted by molar-refractivity contribution is 8.00. The number of hydrogen-bond acceptors (Lipinski definition) is 7. The summed E-state index contributed by atoms with van der Waals surface area (Å²) in [7, 11) is 4.01. The quantitative estimate of drug-likeness (QED) is 0.0329. The van der Waals surface area contributed by atoms with Crippen molar-refractivity contribution in [1.29, 1.82) is 0 Å². The zero-order valence-electron chi connectivity index (χ0n) is 42.3. The summed E-state index contributed by atoms with van der Waals surface area (Å²) in [6.45, 7) is 2.63. The van der Waals surface area contributed by atoms with Gasteiger partial charge in [-0.1, -0.05) is 218 Å². The number of ether oxygens (including phenoxy) is 1. The fourth-order valence-corrected chi connectivity index (χ4v) is 12.2. The summed E-state index contributed by atoms with van der Waals surface area (Å²) >= 11 is 3.76. The van der Waals surface area contributed by atoms with Gasteiger partial charge in [0.25, 0.3) is 0 Å². The zero-order chi connectivity index (χ0) is 51.3. The molecule has 8 aromatic rings. The standard InChI is InChI=1S/C66H65N3O3S2/c1-68(2)61-40-34-53(35-41-61)36-42-62(70)43-37-54-38-44-63(45-39-54)72-49-21-47-69(48-51-74-66(58-28-15-6-16-29-58,59-30-17-7-18-31-59)60-32-19-8-20-33-60)52-64(71)67-46-50-73-65(55-22-9-3-10-23-55,56-24-11-4-12-25-56)57-26-13-5-14-27-57/h3-20,22-45H,21,46-52H2,1-2H3,(H,67,71)/b42-36+,43-37+. The number of thioether (sulfide) groups is 2. The van der Waals surface area contributed by atoms with Crippen LogP contribution in [0.15, 0.2) is 243 Å². The van der Waals surface area contributed by atoms with Crippen molar-refractivity contribution < 1.29 is 14.3 Å². The Balaban J connectivity index is 0.933. The van der Waals surface area contributed by atoms with Crippen LogP contribution in [0.2, 0.25) is 0 Å². The molecule has 1 amide bonds. The molecule has 8 rings (SSSR count). The molecular weight excluding hydrogens is 947 g/mol. The molecule has 0 fully saturated rings. The number of amides is 1. The van der Waals surface area contributed by atoms with Crippen LogP contribution in [0.3, 0.4) is 0 Å². The van der Waals surface area contributed by atoms with Crippen LogP contribution in [0.25, 0.3) is 12.2 Å². The lowest BCUT2D eigenvalue weighted by atomic mass is 9.84. The number of rotatable bonds is 26. The fourth-order valence-electron chi connectivity index (χ4n) is 9.24. The van der Waals surface area contributed by atoms with Crippen LogP contribution in [0.5, 0.6) is 5.75 Å². The second kappa shape index (κ2) is 27.1. The van der Waals surface area contributed by atoms with Crippen molar-refractivity contribution in [3.05, 3.63) is 287 Å². The molecule has 6 nitrogen and oxygen atoms in total. The van der Waals surface area contributed by atoms with Gasteiger partial charge in [0.1, 0.15) is 5.75 Å². The third kappa shape index (κ3) is 14.0. The van der Waals surface area contributed by atoms with E-state index < -0.39 is 9.49 Å². The first-order chi connectivity index (χ1) is 36.3. The molecule has 74 heavy (non-hydrogen) atoms. The smallest absolute Gasteiger partial charge is 0.234 e. The molecule has 0 atom stereocenters. The summed E-state index contributed by atoms with van der Waals surface area (Å²) in [5.41, 5.74) is 10.2. The van der Waals surface area contributed by atoms with Gasteiger partial charge >= 0.3 is 0 Å². The highest BCUT2D eigenvalue weighted by Crippen LogP contribution is 2.49. The van der Waals surface area contributed by atoms with Crippen molar-refractivity contribution >= 4 is 53.1 Å². The summed E-state index contributed by atoms with van der Waals surface area (Å²) in [6.07, 6.45) is 7.55. The number of nitrogens with zero attached hydrogens (tertiary/aromatic N) is 2. The molecule has 8 heteroatoms. The Bertz CT molecular complexity index is 2800. The molecule has 0 bridgehead atoms. The minimum absolute atomic E-state index is 0.00188. The predicted octanol–water partition coefficient (Wildman–Crippen LogP) is 13.7. The van der Waals surface area contributed by atoms with Gasteiger partial charge in [0.05, 0.1) is 22.6 Å². The SMILES string of the molecule is CN(C)c1ccc(/C=C/C(=O)/C=C/c2ccc(OCCCN(CCSC(c3ccccc3)(c3ccccc3)c3ccccc3)CC(=O)NCCSC(c3ccccc3)(c3ccccc3)c3ccccc3)cc2)cc1. The first-order valence-electron chi connectivity index (χ1n) is 25.3. The molecule has 0 spiro atoms. The molecule has 0 saturated carbocycles. The fraction of sp³-hybridized carbons (Fsp3) is 0.182. The van der Waals surface area contributed by atoms with E-state index >= 15 is 0 Å². The van der Waals surface area contributed by atoms with Gasteiger partial charge in [-0.25, -0.2) is 0 Å². The maximum atomic E-state index is 14.1. The third-order valence-electron chi connectivity index (χ3n) is 13.0. The van der Waals surface area contributed by atoms with Gasteiger partial charge in [-0.05, 0) is 87.3 Å². The molecule has 1 N–H and O–H groups in total. The number of ketones is 1. The minimum Gasteiger partial charge on any atom is -0.494 e. The van der Waals surface area contributed by atoms with Crippen molar-refractivity contribution in [1.82, 2.24) is 10.2 Å². The molecule has 0 aromatic heterocycles. The van der Waals surface area contributed by atoms with E-state index in [-0.39, 0.29) is 18.2 Å². The summed E-state index contributed by atoms with van der Waals surface area (Å²) in [6, 6.07) is 80.2. The number of carbonyl (C=O) groups excluding carboxylic acids is 2. The minimum atomic E-state index is -0.467. The Hall–Kier alpha value is -7.36. The molecule has 0 saturated heterocycles. The van der Waals surface area contributed by atoms with Crippen molar-refractivity contribution in [2.24, 2.45) is 0 Å². The van der Waals surface area contributed by atoms with Gasteiger partial charge in [-0.2, -0.15) is 0 Å². The predicted molar refractivity (Wildman–Crippen MR) is 313 cm³/mol. The highest BCUT2D eigenvalue weighted by atomic mass is 32.2. The van der Waals surface area contributed by atoms with Gasteiger partial charge in [-0.3, -0.25) is 14.5 Å². The van der Waals surface area contributed by atoms with E-state index in [1.807, 2.05) is 103 Å². The molecular formula is C66H65N3O3S2. The molecule has 0 aliphatic heterocycles. The van der Waals surface area contributed by atoms with E-state index in [2.05, 4.69) is 192 Å². The topological polar surface area (TPSA) is 61.9 Å². The largest absolute Gasteiger partial charge is 0.494 e. The van der Waals surface area contributed by atoms with Gasteiger partial charge in [-0.15, -0.1) is 23.5 Å². The number of benzene rings is 8. The van der Waals surface area contributed by atoms with Crippen LogP contribution in [0, 0.1) is 0 Å². The van der Waals surface area contributed by atoms with Crippen LogP contribution >= 0.6 is 23.5 Å². The molecule has 0 unspecified atom stereocenters. The average Bonchev–Trinajstić information content (AvgIpc) is 3.46. The number of nitrogens with one attached hydrogen (secondary N) is 1. The summed E-state index contributed by atoms with van der Waals surface area (Å²) in [5, 5.41) is 3.31. The second-order valence-electron chi connectivity index (χ2n) is 18.2. The Morgan fingerprint density at radius 1 is 0.486 bits per heavy atom. The monoisotopic (exact) mass is 1010 g/mol. The van der Waals surface area contributed by atoms with E-state index in [4.69, 9.17) is 4.74 Å². The lowest BCUT2D eigenvalue weighted by molar-refractivity contribution is -0.122. The molecule has 8 aromatic carbocycles. The van der Waals surface area contributed by atoms with E-state index in [0.717, 1.165) is 34.7 Å². The summed E-state index contributed by atoms with van der Waals surface area (Å²) in [5.74, 6) is 2.14. The lowest BCUT2D eigenvalue weighted by Gasteiger charge is -2.36. The number of allylic oxidation sites excluding steroid dienone is 2. The van der Waals surface area contributed by atoms with Crippen LogP contribution in [0.1, 0.15) is 50.9 Å².